The van der Waals surface area contributed by atoms with Crippen molar-refractivity contribution >= 4 is 17.7 Å². The summed E-state index contributed by atoms with van der Waals surface area (Å²) in [7, 11) is 0. The number of alkyl halides is 1. The number of hydrogen-bond donors (Lipinski definition) is 3. The van der Waals surface area contributed by atoms with Gasteiger partial charge in [-0.2, -0.15) is 0 Å². The normalized spacial score (nSPS) is 25.0. The van der Waals surface area contributed by atoms with Crippen molar-refractivity contribution in [2.24, 2.45) is 5.92 Å². The molecule has 11 heteroatoms. The Morgan fingerprint density at radius 1 is 1.00 bits per heavy atom. The largest absolute Gasteiger partial charge is 0.379 e. The highest BCUT2D eigenvalue weighted by atomic mass is 19.1. The molecule has 45 heavy (non-hydrogen) atoms. The van der Waals surface area contributed by atoms with Gasteiger partial charge in [0.25, 0.3) is 5.91 Å². The van der Waals surface area contributed by atoms with E-state index in [-0.39, 0.29) is 54.9 Å². The number of halogens is 2. The third kappa shape index (κ3) is 8.06. The van der Waals surface area contributed by atoms with Crippen molar-refractivity contribution in [1.82, 2.24) is 25.8 Å². The van der Waals surface area contributed by atoms with Crippen LogP contribution in [0.4, 0.5) is 8.78 Å². The van der Waals surface area contributed by atoms with Crippen molar-refractivity contribution in [3.8, 4) is 11.8 Å². The molecule has 3 amide bonds. The molecule has 3 aliphatic heterocycles. The fourth-order valence-corrected chi connectivity index (χ4v) is 6.18. The predicted molar refractivity (Wildman–Crippen MR) is 163 cm³/mol. The summed E-state index contributed by atoms with van der Waals surface area (Å²) in [4.78, 5) is 42.6. The topological polar surface area (TPSA) is 103 Å². The highest BCUT2D eigenvalue weighted by molar-refractivity contribution is 5.94. The standard InChI is InChI=1S/C34H39F2N5O4/c35-26-16-31(37-18-26)33(43)39-27-17-28(41(21-27)34(44)25-8-9-25)19-38-32(42)29-10-7-23(15-30(29)36)4-1-22-2-5-24(6-3-22)20-40-11-13-45-14-12-40/h2-3,5-7,10,15,25-28,31,37H,8-9,11-14,16-21H2,(H,38,42)(H,39,43)/t26-,27+,28+,31-/m0/s1. The zero-order valence-electron chi connectivity index (χ0n) is 25.2. The van der Waals surface area contributed by atoms with Crippen molar-refractivity contribution in [2.75, 3.05) is 45.9 Å². The molecule has 238 valence electrons. The van der Waals surface area contributed by atoms with Gasteiger partial charge in [-0.05, 0) is 55.2 Å². The van der Waals surface area contributed by atoms with Gasteiger partial charge < -0.3 is 25.6 Å². The molecule has 3 N–H and O–H groups in total. The number of rotatable bonds is 8. The molecular weight excluding hydrogens is 580 g/mol. The van der Waals surface area contributed by atoms with Gasteiger partial charge in [0.05, 0.1) is 30.9 Å². The van der Waals surface area contributed by atoms with E-state index in [9.17, 15) is 18.8 Å². The Balaban J connectivity index is 1.03. The number of nitrogens with one attached hydrogen (secondary N) is 3. The van der Waals surface area contributed by atoms with Crippen LogP contribution in [0, 0.1) is 23.6 Å². The first kappa shape index (κ1) is 31.1. The van der Waals surface area contributed by atoms with Crippen molar-refractivity contribution in [1.29, 1.82) is 0 Å². The molecule has 4 atom stereocenters. The van der Waals surface area contributed by atoms with Crippen LogP contribution in [0.25, 0.3) is 0 Å². The van der Waals surface area contributed by atoms with Gasteiger partial charge in [-0.15, -0.1) is 0 Å². The fraction of sp³-hybridized carbons (Fsp3) is 0.500. The molecule has 0 radical (unpaired) electrons. The van der Waals surface area contributed by atoms with Crippen molar-refractivity contribution in [2.45, 2.75) is 56.5 Å². The molecule has 0 spiro atoms. The first-order chi connectivity index (χ1) is 21.8. The van der Waals surface area contributed by atoms with Crippen molar-refractivity contribution in [3.63, 3.8) is 0 Å². The summed E-state index contributed by atoms with van der Waals surface area (Å²) in [5, 5.41) is 8.60. The van der Waals surface area contributed by atoms with Gasteiger partial charge in [0.1, 0.15) is 12.0 Å². The summed E-state index contributed by atoms with van der Waals surface area (Å²) in [6.07, 6.45) is 1.18. The Kier molecular flexibility index (Phi) is 9.73. The van der Waals surface area contributed by atoms with Crippen LogP contribution in [-0.4, -0.2) is 97.8 Å². The summed E-state index contributed by atoms with van der Waals surface area (Å²) in [5.74, 6) is 4.46. The number of ether oxygens (including phenoxy) is 1. The number of amides is 3. The summed E-state index contributed by atoms with van der Waals surface area (Å²) in [5.41, 5.74) is 2.35. The summed E-state index contributed by atoms with van der Waals surface area (Å²) in [6.45, 7) is 4.81. The van der Waals surface area contributed by atoms with E-state index >= 15 is 4.39 Å². The minimum atomic E-state index is -1.05. The van der Waals surface area contributed by atoms with Crippen molar-refractivity contribution in [3.05, 3.63) is 70.5 Å². The minimum Gasteiger partial charge on any atom is -0.379 e. The van der Waals surface area contributed by atoms with E-state index in [1.54, 1.807) is 11.0 Å². The number of likely N-dealkylation sites (tertiary alicyclic amines) is 1. The average molecular weight is 620 g/mol. The maximum Gasteiger partial charge on any atom is 0.254 e. The number of carbonyl (C=O) groups is 3. The molecule has 4 aliphatic rings. The maximum atomic E-state index is 15.0. The second kappa shape index (κ2) is 14.1. The molecule has 0 unspecified atom stereocenters. The Bertz CT molecular complexity index is 1470. The monoisotopic (exact) mass is 619 g/mol. The van der Waals surface area contributed by atoms with Crippen LogP contribution < -0.4 is 16.0 Å². The van der Waals surface area contributed by atoms with Crippen LogP contribution in [-0.2, 0) is 20.9 Å². The predicted octanol–water partition coefficient (Wildman–Crippen LogP) is 1.98. The lowest BCUT2D eigenvalue weighted by Gasteiger charge is -2.26. The van der Waals surface area contributed by atoms with E-state index < -0.39 is 23.9 Å². The van der Waals surface area contributed by atoms with Crippen LogP contribution >= 0.6 is 0 Å². The average Bonchev–Trinajstić information content (AvgIpc) is 3.68. The summed E-state index contributed by atoms with van der Waals surface area (Å²) >= 11 is 0. The van der Waals surface area contributed by atoms with E-state index in [0.717, 1.165) is 51.3 Å². The zero-order valence-corrected chi connectivity index (χ0v) is 25.2. The molecule has 6 rings (SSSR count). The Labute approximate surface area is 262 Å². The quantitative estimate of drug-likeness (QED) is 0.391. The summed E-state index contributed by atoms with van der Waals surface area (Å²) in [6, 6.07) is 11.0. The van der Waals surface area contributed by atoms with E-state index in [4.69, 9.17) is 4.74 Å². The molecule has 4 fully saturated rings. The van der Waals surface area contributed by atoms with Gasteiger partial charge in [0.15, 0.2) is 0 Å². The van der Waals surface area contributed by atoms with Gasteiger partial charge in [-0.25, -0.2) is 8.78 Å². The first-order valence-electron chi connectivity index (χ1n) is 15.8. The molecule has 2 aromatic rings. The van der Waals surface area contributed by atoms with Gasteiger partial charge in [-0.1, -0.05) is 24.0 Å². The third-order valence-corrected chi connectivity index (χ3v) is 8.89. The lowest BCUT2D eigenvalue weighted by Crippen LogP contribution is -2.46. The van der Waals surface area contributed by atoms with Crippen molar-refractivity contribution < 1.29 is 27.9 Å². The van der Waals surface area contributed by atoms with Gasteiger partial charge in [-0.3, -0.25) is 19.3 Å². The van der Waals surface area contributed by atoms with Crippen LogP contribution in [0.1, 0.15) is 52.7 Å². The Morgan fingerprint density at radius 3 is 2.42 bits per heavy atom. The molecular formula is C34H39F2N5O4. The van der Waals surface area contributed by atoms with E-state index in [2.05, 4.69) is 32.7 Å². The molecule has 0 aromatic heterocycles. The molecule has 2 aromatic carbocycles. The Morgan fingerprint density at radius 2 is 1.73 bits per heavy atom. The molecule has 3 saturated heterocycles. The van der Waals surface area contributed by atoms with Crippen LogP contribution in [0.15, 0.2) is 42.5 Å². The van der Waals surface area contributed by atoms with Gasteiger partial charge in [0, 0.05) is 68.8 Å². The number of morpholine rings is 1. The van der Waals surface area contributed by atoms with Crippen LogP contribution in [0.2, 0.25) is 0 Å². The lowest BCUT2D eigenvalue weighted by molar-refractivity contribution is -0.133. The van der Waals surface area contributed by atoms with Gasteiger partial charge >= 0.3 is 0 Å². The summed E-state index contributed by atoms with van der Waals surface area (Å²) < 4.78 is 34.0. The van der Waals surface area contributed by atoms with E-state index in [0.29, 0.717) is 18.5 Å². The number of nitrogens with zero attached hydrogens (tertiary/aromatic N) is 2. The van der Waals surface area contributed by atoms with E-state index in [1.165, 1.54) is 17.7 Å². The second-order valence-electron chi connectivity index (χ2n) is 12.4. The fourth-order valence-electron chi connectivity index (χ4n) is 6.18. The highest BCUT2D eigenvalue weighted by Gasteiger charge is 2.42. The number of carbonyl (C=O) groups excluding carboxylic acids is 3. The highest BCUT2D eigenvalue weighted by Crippen LogP contribution is 2.33. The number of hydrogen-bond acceptors (Lipinski definition) is 6. The molecule has 0 bridgehead atoms. The molecule has 9 nitrogen and oxygen atoms in total. The molecule has 1 aliphatic carbocycles. The van der Waals surface area contributed by atoms with Gasteiger partial charge in [0.2, 0.25) is 11.8 Å². The van der Waals surface area contributed by atoms with E-state index in [1.807, 2.05) is 24.3 Å². The third-order valence-electron chi connectivity index (χ3n) is 8.89. The Hall–Kier alpha value is -3.85. The SMILES string of the molecule is O=C(NC[C@H]1C[C@@H](NC(=O)[C@@H]2C[C@H](F)CN2)CN1C(=O)C1CC1)c1ccc(C#Cc2ccc(CN3CCOCC3)cc2)cc1F. The first-order valence-corrected chi connectivity index (χ1v) is 15.8. The molecule has 1 saturated carbocycles. The second-order valence-corrected chi connectivity index (χ2v) is 12.4. The maximum absolute atomic E-state index is 15.0. The smallest absolute Gasteiger partial charge is 0.254 e. The van der Waals surface area contributed by atoms with Crippen LogP contribution in [0.3, 0.4) is 0 Å². The van der Waals surface area contributed by atoms with Crippen LogP contribution in [0.5, 0.6) is 0 Å². The lowest BCUT2D eigenvalue weighted by atomic mass is 10.1. The minimum absolute atomic E-state index is 0.00895. The zero-order chi connectivity index (χ0) is 31.3. The number of benzene rings is 2. The molecule has 3 heterocycles.